The Kier molecular flexibility index (Phi) is 4.49. The first-order valence-electron chi connectivity index (χ1n) is 8.67. The van der Waals surface area contributed by atoms with E-state index in [1.165, 1.54) is 0 Å². The number of hydrogen-bond acceptors (Lipinski definition) is 3. The van der Waals surface area contributed by atoms with Crippen molar-refractivity contribution in [3.05, 3.63) is 96.2 Å². The van der Waals surface area contributed by atoms with Crippen LogP contribution in [0.3, 0.4) is 0 Å². The topological polar surface area (TPSA) is 59.8 Å². The lowest BCUT2D eigenvalue weighted by Gasteiger charge is -2.08. The van der Waals surface area contributed by atoms with Crippen LogP contribution >= 0.6 is 0 Å². The van der Waals surface area contributed by atoms with Gasteiger partial charge in [0.15, 0.2) is 0 Å². The van der Waals surface area contributed by atoms with Crippen molar-refractivity contribution in [2.75, 3.05) is 5.32 Å². The van der Waals surface area contributed by atoms with Gasteiger partial charge in [-0.15, -0.1) is 5.10 Å². The second kappa shape index (κ2) is 7.25. The van der Waals surface area contributed by atoms with E-state index in [9.17, 15) is 4.79 Å². The van der Waals surface area contributed by atoms with Crippen LogP contribution < -0.4 is 5.32 Å². The summed E-state index contributed by atoms with van der Waals surface area (Å²) in [7, 11) is 0. The molecule has 0 aliphatic rings. The highest BCUT2D eigenvalue weighted by atomic mass is 16.1. The highest BCUT2D eigenvalue weighted by Gasteiger charge is 2.12. The Morgan fingerprint density at radius 3 is 2.15 bits per heavy atom. The van der Waals surface area contributed by atoms with Gasteiger partial charge in [0.2, 0.25) is 0 Å². The van der Waals surface area contributed by atoms with E-state index < -0.39 is 0 Å². The lowest BCUT2D eigenvalue weighted by Crippen LogP contribution is -2.11. The van der Waals surface area contributed by atoms with E-state index in [0.717, 1.165) is 28.3 Å². The first kappa shape index (κ1) is 16.7. The molecule has 5 nitrogen and oxygen atoms in total. The molecule has 0 bridgehead atoms. The molecule has 1 heterocycles. The Balaban J connectivity index is 1.55. The summed E-state index contributed by atoms with van der Waals surface area (Å²) in [6.45, 7) is 1.99. The maximum Gasteiger partial charge on any atom is 0.255 e. The Bertz CT molecular complexity index is 1050. The standard InChI is InChI=1S/C22H18N4O/c1-16-21(17-8-4-2-5-9-17)24-25-26(16)20-14-12-19(13-15-20)23-22(27)18-10-6-3-7-11-18/h2-15H,1H3,(H,23,27). The Morgan fingerprint density at radius 1 is 0.852 bits per heavy atom. The fourth-order valence-electron chi connectivity index (χ4n) is 2.92. The van der Waals surface area contributed by atoms with Crippen LogP contribution in [0.2, 0.25) is 0 Å². The first-order chi connectivity index (χ1) is 13.2. The van der Waals surface area contributed by atoms with Crippen molar-refractivity contribution in [1.82, 2.24) is 15.0 Å². The number of nitrogens with one attached hydrogen (secondary N) is 1. The van der Waals surface area contributed by atoms with Crippen LogP contribution in [0.1, 0.15) is 16.1 Å². The monoisotopic (exact) mass is 354 g/mol. The average Bonchev–Trinajstić information content (AvgIpc) is 3.11. The van der Waals surface area contributed by atoms with Gasteiger partial charge in [-0.2, -0.15) is 0 Å². The van der Waals surface area contributed by atoms with Crippen LogP contribution in [0.4, 0.5) is 5.69 Å². The third-order valence-corrected chi connectivity index (χ3v) is 4.35. The minimum atomic E-state index is -0.133. The average molecular weight is 354 g/mol. The number of aromatic nitrogens is 3. The van der Waals surface area contributed by atoms with Gasteiger partial charge in [0.1, 0.15) is 5.69 Å². The SMILES string of the molecule is Cc1c(-c2ccccc2)nnn1-c1ccc(NC(=O)c2ccccc2)cc1. The van der Waals surface area contributed by atoms with Gasteiger partial charge in [-0.05, 0) is 43.3 Å². The van der Waals surface area contributed by atoms with Gasteiger partial charge in [0.05, 0.1) is 11.4 Å². The number of amides is 1. The molecule has 0 spiro atoms. The molecule has 1 N–H and O–H groups in total. The Labute approximate surface area is 157 Å². The summed E-state index contributed by atoms with van der Waals surface area (Å²) in [6, 6.07) is 26.7. The zero-order chi connectivity index (χ0) is 18.6. The van der Waals surface area contributed by atoms with Crippen molar-refractivity contribution in [2.45, 2.75) is 6.92 Å². The molecule has 5 heteroatoms. The zero-order valence-corrected chi connectivity index (χ0v) is 14.8. The Hall–Kier alpha value is -3.73. The molecule has 0 unspecified atom stereocenters. The van der Waals surface area contributed by atoms with Crippen LogP contribution in [0.25, 0.3) is 16.9 Å². The predicted octanol–water partition coefficient (Wildman–Crippen LogP) is 4.50. The molecule has 0 atom stereocenters. The molecule has 1 amide bonds. The number of nitrogens with zero attached hydrogens (tertiary/aromatic N) is 3. The second-order valence-electron chi connectivity index (χ2n) is 6.17. The molecule has 0 aliphatic heterocycles. The van der Waals surface area contributed by atoms with Crippen molar-refractivity contribution in [2.24, 2.45) is 0 Å². The van der Waals surface area contributed by atoms with E-state index in [2.05, 4.69) is 15.6 Å². The molecule has 27 heavy (non-hydrogen) atoms. The molecule has 0 aliphatic carbocycles. The third-order valence-electron chi connectivity index (χ3n) is 4.35. The molecule has 4 aromatic rings. The quantitative estimate of drug-likeness (QED) is 0.587. The smallest absolute Gasteiger partial charge is 0.255 e. The Morgan fingerprint density at radius 2 is 1.48 bits per heavy atom. The lowest BCUT2D eigenvalue weighted by atomic mass is 10.1. The summed E-state index contributed by atoms with van der Waals surface area (Å²) >= 11 is 0. The molecule has 132 valence electrons. The molecular formula is C22H18N4O. The van der Waals surface area contributed by atoms with Crippen molar-refractivity contribution >= 4 is 11.6 Å². The van der Waals surface area contributed by atoms with Gasteiger partial charge < -0.3 is 5.32 Å². The van der Waals surface area contributed by atoms with Gasteiger partial charge in [-0.25, -0.2) is 4.68 Å². The third kappa shape index (κ3) is 3.48. The van der Waals surface area contributed by atoms with E-state index >= 15 is 0 Å². The van der Waals surface area contributed by atoms with E-state index in [-0.39, 0.29) is 5.91 Å². The summed E-state index contributed by atoms with van der Waals surface area (Å²) < 4.78 is 1.80. The van der Waals surface area contributed by atoms with Gasteiger partial charge in [0, 0.05) is 16.8 Å². The summed E-state index contributed by atoms with van der Waals surface area (Å²) in [4.78, 5) is 12.2. The summed E-state index contributed by atoms with van der Waals surface area (Å²) in [5.74, 6) is -0.133. The molecule has 3 aromatic carbocycles. The summed E-state index contributed by atoms with van der Waals surface area (Å²) in [5.41, 5.74) is 5.10. The molecule has 4 rings (SSSR count). The number of carbonyl (C=O) groups is 1. The number of hydrogen-bond donors (Lipinski definition) is 1. The van der Waals surface area contributed by atoms with Crippen molar-refractivity contribution in [3.63, 3.8) is 0 Å². The molecule has 1 aromatic heterocycles. The van der Waals surface area contributed by atoms with Crippen molar-refractivity contribution in [1.29, 1.82) is 0 Å². The minimum absolute atomic E-state index is 0.133. The minimum Gasteiger partial charge on any atom is -0.322 e. The van der Waals surface area contributed by atoms with Gasteiger partial charge in [0.25, 0.3) is 5.91 Å². The van der Waals surface area contributed by atoms with E-state index in [1.54, 1.807) is 16.8 Å². The normalized spacial score (nSPS) is 10.6. The van der Waals surface area contributed by atoms with Crippen LogP contribution in [0.15, 0.2) is 84.9 Å². The largest absolute Gasteiger partial charge is 0.322 e. The molecule has 0 fully saturated rings. The van der Waals surface area contributed by atoms with E-state index in [1.807, 2.05) is 79.7 Å². The van der Waals surface area contributed by atoms with Crippen LogP contribution in [0, 0.1) is 6.92 Å². The second-order valence-corrected chi connectivity index (χ2v) is 6.17. The molecular weight excluding hydrogens is 336 g/mol. The van der Waals surface area contributed by atoms with Crippen LogP contribution in [-0.4, -0.2) is 20.9 Å². The van der Waals surface area contributed by atoms with Crippen molar-refractivity contribution in [3.8, 4) is 16.9 Å². The van der Waals surface area contributed by atoms with Gasteiger partial charge >= 0.3 is 0 Å². The predicted molar refractivity (Wildman–Crippen MR) is 106 cm³/mol. The maximum absolute atomic E-state index is 12.2. The maximum atomic E-state index is 12.2. The summed E-state index contributed by atoms with van der Waals surface area (Å²) in [6.07, 6.45) is 0. The molecule has 0 saturated heterocycles. The van der Waals surface area contributed by atoms with E-state index in [4.69, 9.17) is 0 Å². The zero-order valence-electron chi connectivity index (χ0n) is 14.8. The van der Waals surface area contributed by atoms with Gasteiger partial charge in [-0.1, -0.05) is 53.7 Å². The van der Waals surface area contributed by atoms with Crippen LogP contribution in [-0.2, 0) is 0 Å². The van der Waals surface area contributed by atoms with Crippen molar-refractivity contribution < 1.29 is 4.79 Å². The fraction of sp³-hybridized carbons (Fsp3) is 0.0455. The highest BCUT2D eigenvalue weighted by Crippen LogP contribution is 2.23. The number of carbonyl (C=O) groups excluding carboxylic acids is 1. The van der Waals surface area contributed by atoms with E-state index in [0.29, 0.717) is 5.56 Å². The summed E-state index contributed by atoms with van der Waals surface area (Å²) in [5, 5.41) is 11.5. The van der Waals surface area contributed by atoms with Crippen LogP contribution in [0.5, 0.6) is 0 Å². The number of anilines is 1. The first-order valence-corrected chi connectivity index (χ1v) is 8.67. The lowest BCUT2D eigenvalue weighted by molar-refractivity contribution is 0.102. The molecule has 0 radical (unpaired) electrons. The molecule has 0 saturated carbocycles. The number of benzene rings is 3. The highest BCUT2D eigenvalue weighted by molar-refractivity contribution is 6.04. The number of rotatable bonds is 4. The van der Waals surface area contributed by atoms with Gasteiger partial charge in [-0.3, -0.25) is 4.79 Å². The fourth-order valence-corrected chi connectivity index (χ4v) is 2.92.